The van der Waals surface area contributed by atoms with Crippen molar-refractivity contribution in [2.24, 2.45) is 0 Å². The van der Waals surface area contributed by atoms with Crippen molar-refractivity contribution < 1.29 is 8.81 Å². The van der Waals surface area contributed by atoms with Crippen LogP contribution >= 0.6 is 15.9 Å². The molecule has 3 rings (SSSR count). The van der Waals surface area contributed by atoms with E-state index in [1.165, 1.54) is 6.07 Å². The van der Waals surface area contributed by atoms with Crippen LogP contribution in [-0.4, -0.2) is 4.98 Å². The molecule has 0 radical (unpaired) electrons. The quantitative estimate of drug-likeness (QED) is 0.664. The van der Waals surface area contributed by atoms with E-state index in [1.807, 2.05) is 24.3 Å². The molecule has 1 aromatic heterocycles. The molecule has 0 N–H and O–H groups in total. The van der Waals surface area contributed by atoms with Crippen molar-refractivity contribution in [3.63, 3.8) is 0 Å². The molecule has 0 saturated heterocycles. The number of oxazole rings is 1. The molecule has 84 valence electrons. The molecule has 0 unspecified atom stereocenters. The molecule has 0 aliphatic carbocycles. The van der Waals surface area contributed by atoms with Gasteiger partial charge in [0.1, 0.15) is 11.3 Å². The second kappa shape index (κ2) is 3.96. The molecule has 0 saturated carbocycles. The Hall–Kier alpha value is -1.68. The second-order valence-corrected chi connectivity index (χ2v) is 4.47. The molecule has 4 heteroatoms. The molecular weight excluding hydrogens is 285 g/mol. The minimum Gasteiger partial charge on any atom is -0.436 e. The average molecular weight is 292 g/mol. The van der Waals surface area contributed by atoms with Crippen LogP contribution in [0.2, 0.25) is 0 Å². The zero-order chi connectivity index (χ0) is 11.8. The van der Waals surface area contributed by atoms with Crippen LogP contribution in [0.4, 0.5) is 4.39 Å². The summed E-state index contributed by atoms with van der Waals surface area (Å²) in [4.78, 5) is 4.34. The van der Waals surface area contributed by atoms with Crippen LogP contribution in [0, 0.1) is 5.82 Å². The summed E-state index contributed by atoms with van der Waals surface area (Å²) in [6, 6.07) is 12.2. The highest BCUT2D eigenvalue weighted by Crippen LogP contribution is 2.27. The van der Waals surface area contributed by atoms with Crippen LogP contribution < -0.4 is 0 Å². The maximum absolute atomic E-state index is 13.1. The van der Waals surface area contributed by atoms with E-state index < -0.39 is 0 Å². The zero-order valence-electron chi connectivity index (χ0n) is 8.65. The van der Waals surface area contributed by atoms with E-state index in [-0.39, 0.29) is 5.82 Å². The molecule has 2 aromatic carbocycles. The predicted octanol–water partition coefficient (Wildman–Crippen LogP) is 4.40. The van der Waals surface area contributed by atoms with Gasteiger partial charge in [0, 0.05) is 5.56 Å². The van der Waals surface area contributed by atoms with Gasteiger partial charge in [0.25, 0.3) is 0 Å². The monoisotopic (exact) mass is 291 g/mol. The summed E-state index contributed by atoms with van der Waals surface area (Å²) >= 11 is 3.14. The summed E-state index contributed by atoms with van der Waals surface area (Å²) in [6.07, 6.45) is 0. The van der Waals surface area contributed by atoms with E-state index in [0.29, 0.717) is 10.4 Å². The first-order valence-electron chi connectivity index (χ1n) is 5.05. The van der Waals surface area contributed by atoms with Gasteiger partial charge in [-0.25, -0.2) is 9.37 Å². The van der Waals surface area contributed by atoms with Crippen molar-refractivity contribution in [1.29, 1.82) is 0 Å². The molecule has 0 spiro atoms. The highest BCUT2D eigenvalue weighted by atomic mass is 79.9. The molecule has 0 amide bonds. The summed E-state index contributed by atoms with van der Waals surface area (Å²) in [7, 11) is 0. The van der Waals surface area contributed by atoms with Crippen LogP contribution in [-0.2, 0) is 0 Å². The molecule has 17 heavy (non-hydrogen) atoms. The van der Waals surface area contributed by atoms with Gasteiger partial charge in [-0.1, -0.05) is 12.1 Å². The lowest BCUT2D eigenvalue weighted by molar-refractivity contribution is 0.613. The van der Waals surface area contributed by atoms with Gasteiger partial charge < -0.3 is 4.42 Å². The molecule has 0 bridgehead atoms. The van der Waals surface area contributed by atoms with Gasteiger partial charge in [-0.15, -0.1) is 0 Å². The zero-order valence-corrected chi connectivity index (χ0v) is 10.2. The van der Waals surface area contributed by atoms with E-state index in [0.717, 1.165) is 16.7 Å². The number of nitrogens with zero attached hydrogens (tertiary/aromatic N) is 1. The lowest BCUT2D eigenvalue weighted by Crippen LogP contribution is -1.80. The lowest BCUT2D eigenvalue weighted by Gasteiger charge is -1.97. The van der Waals surface area contributed by atoms with Crippen molar-refractivity contribution in [3.05, 3.63) is 52.8 Å². The third-order valence-corrected chi connectivity index (χ3v) is 3.07. The number of para-hydroxylation sites is 2. The van der Waals surface area contributed by atoms with E-state index in [4.69, 9.17) is 4.42 Å². The number of fused-ring (bicyclic) bond motifs is 1. The number of benzene rings is 2. The number of rotatable bonds is 1. The highest BCUT2D eigenvalue weighted by Gasteiger charge is 2.09. The highest BCUT2D eigenvalue weighted by molar-refractivity contribution is 9.10. The average Bonchev–Trinajstić information content (AvgIpc) is 2.76. The van der Waals surface area contributed by atoms with Crippen molar-refractivity contribution >= 4 is 27.0 Å². The first-order chi connectivity index (χ1) is 8.24. The maximum atomic E-state index is 13.1. The Labute approximate surface area is 105 Å². The third-order valence-electron chi connectivity index (χ3n) is 2.46. The van der Waals surface area contributed by atoms with Gasteiger partial charge in [0.2, 0.25) is 5.89 Å². The van der Waals surface area contributed by atoms with Crippen LogP contribution in [0.15, 0.2) is 51.4 Å². The van der Waals surface area contributed by atoms with Crippen LogP contribution in [0.5, 0.6) is 0 Å². The third kappa shape index (κ3) is 1.85. The normalized spacial score (nSPS) is 10.9. The van der Waals surface area contributed by atoms with Crippen molar-refractivity contribution in [1.82, 2.24) is 4.98 Å². The molecule has 0 aliphatic rings. The lowest BCUT2D eigenvalue weighted by atomic mass is 10.2. The molecule has 3 aromatic rings. The summed E-state index contributed by atoms with van der Waals surface area (Å²) in [5, 5.41) is 0. The maximum Gasteiger partial charge on any atom is 0.227 e. The Bertz CT molecular complexity index is 660. The smallest absolute Gasteiger partial charge is 0.227 e. The van der Waals surface area contributed by atoms with Crippen molar-refractivity contribution in [2.75, 3.05) is 0 Å². The van der Waals surface area contributed by atoms with E-state index in [1.54, 1.807) is 12.1 Å². The minimum absolute atomic E-state index is 0.301. The summed E-state index contributed by atoms with van der Waals surface area (Å²) in [6.45, 7) is 0. The van der Waals surface area contributed by atoms with Gasteiger partial charge >= 0.3 is 0 Å². The molecular formula is C13H7BrFNO. The number of hydrogen-bond acceptors (Lipinski definition) is 2. The second-order valence-electron chi connectivity index (χ2n) is 3.62. The largest absolute Gasteiger partial charge is 0.436 e. The van der Waals surface area contributed by atoms with Crippen LogP contribution in [0.3, 0.4) is 0 Å². The molecule has 0 fully saturated rings. The summed E-state index contributed by atoms with van der Waals surface area (Å²) in [5.41, 5.74) is 2.26. The van der Waals surface area contributed by atoms with Gasteiger partial charge in [-0.2, -0.15) is 0 Å². The fraction of sp³-hybridized carbons (Fsp3) is 0. The Balaban J connectivity index is 2.17. The number of aromatic nitrogens is 1. The minimum atomic E-state index is -0.301. The molecule has 0 aliphatic heterocycles. The first-order valence-corrected chi connectivity index (χ1v) is 5.84. The SMILES string of the molecule is Fc1ccc(-c2nc3ccccc3o2)cc1Br. The molecule has 1 heterocycles. The van der Waals surface area contributed by atoms with E-state index >= 15 is 0 Å². The number of halogens is 2. The van der Waals surface area contributed by atoms with E-state index in [2.05, 4.69) is 20.9 Å². The first kappa shape index (κ1) is 10.5. The molecule has 0 atom stereocenters. The Morgan fingerprint density at radius 1 is 1.12 bits per heavy atom. The fourth-order valence-corrected chi connectivity index (χ4v) is 2.00. The van der Waals surface area contributed by atoms with Gasteiger partial charge in [-0.3, -0.25) is 0 Å². The van der Waals surface area contributed by atoms with Crippen LogP contribution in [0.25, 0.3) is 22.6 Å². The topological polar surface area (TPSA) is 26.0 Å². The molecule has 2 nitrogen and oxygen atoms in total. The number of hydrogen-bond donors (Lipinski definition) is 0. The Kier molecular flexibility index (Phi) is 2.44. The summed E-state index contributed by atoms with van der Waals surface area (Å²) < 4.78 is 19.1. The fourth-order valence-electron chi connectivity index (χ4n) is 1.62. The van der Waals surface area contributed by atoms with E-state index in [9.17, 15) is 4.39 Å². The Morgan fingerprint density at radius 2 is 1.94 bits per heavy atom. The van der Waals surface area contributed by atoms with Crippen molar-refractivity contribution in [2.45, 2.75) is 0 Å². The Morgan fingerprint density at radius 3 is 2.71 bits per heavy atom. The predicted molar refractivity (Wildman–Crippen MR) is 67.1 cm³/mol. The van der Waals surface area contributed by atoms with Gasteiger partial charge in [0.15, 0.2) is 5.58 Å². The van der Waals surface area contributed by atoms with Crippen LogP contribution in [0.1, 0.15) is 0 Å². The van der Waals surface area contributed by atoms with Crippen molar-refractivity contribution in [3.8, 4) is 11.5 Å². The standard InChI is InChI=1S/C13H7BrFNO/c14-9-7-8(5-6-10(9)15)13-16-11-3-1-2-4-12(11)17-13/h1-7H. The summed E-state index contributed by atoms with van der Waals surface area (Å²) in [5.74, 6) is 0.191. The van der Waals surface area contributed by atoms with Gasteiger partial charge in [-0.05, 0) is 46.3 Å². The van der Waals surface area contributed by atoms with Gasteiger partial charge in [0.05, 0.1) is 4.47 Å².